The molecule has 1 aromatic carbocycles. The number of ether oxygens (including phenoxy) is 1. The molecule has 0 aromatic heterocycles. The van der Waals surface area contributed by atoms with E-state index in [9.17, 15) is 4.79 Å². The molecule has 4 heteroatoms. The average molecular weight is 200 g/mol. The largest absolute Gasteiger partial charge is 0.425 e. The van der Waals surface area contributed by atoms with Crippen molar-refractivity contribution in [1.29, 1.82) is 5.26 Å². The number of hydrogen-bond acceptors (Lipinski definition) is 3. The summed E-state index contributed by atoms with van der Waals surface area (Å²) in [5.74, 6) is 2.42. The fourth-order valence-electron chi connectivity index (χ4n) is 0.907. The molecule has 0 aliphatic carbocycles. The Hall–Kier alpha value is -2.46. The van der Waals surface area contributed by atoms with Crippen LogP contribution in [0.2, 0.25) is 0 Å². The highest BCUT2D eigenvalue weighted by molar-refractivity contribution is 5.85. The average Bonchev–Trinajstić information content (AvgIpc) is 2.26. The molecule has 0 saturated heterocycles. The van der Waals surface area contributed by atoms with E-state index in [2.05, 4.69) is 22.1 Å². The standard InChI is InChI=1S/C11H8N2O2/c1-2-6-15-11(14)13-10-5-3-4-9(7-10)8-12/h3-5,7H,1H3,(H,13,14). The number of nitrogens with one attached hydrogen (secondary N) is 1. The minimum atomic E-state index is -0.667. The topological polar surface area (TPSA) is 62.1 Å². The van der Waals surface area contributed by atoms with Crippen LogP contribution in [0, 0.1) is 23.4 Å². The molecule has 0 spiro atoms. The quantitative estimate of drug-likeness (QED) is 0.706. The third kappa shape index (κ3) is 3.41. The number of carbonyl (C=O) groups excluding carboxylic acids is 1. The van der Waals surface area contributed by atoms with Crippen molar-refractivity contribution in [2.45, 2.75) is 6.92 Å². The zero-order valence-corrected chi connectivity index (χ0v) is 8.07. The van der Waals surface area contributed by atoms with E-state index in [0.29, 0.717) is 11.3 Å². The van der Waals surface area contributed by atoms with Gasteiger partial charge in [0.05, 0.1) is 11.6 Å². The van der Waals surface area contributed by atoms with Gasteiger partial charge in [0, 0.05) is 12.6 Å². The number of carbonyl (C=O) groups is 1. The predicted octanol–water partition coefficient (Wildman–Crippen LogP) is 2.09. The third-order valence-corrected chi connectivity index (χ3v) is 1.48. The number of nitrogens with zero attached hydrogens (tertiary/aromatic N) is 1. The number of benzene rings is 1. The van der Waals surface area contributed by atoms with E-state index in [1.165, 1.54) is 0 Å². The molecule has 0 saturated carbocycles. The summed E-state index contributed by atoms with van der Waals surface area (Å²) >= 11 is 0. The number of rotatable bonds is 1. The highest BCUT2D eigenvalue weighted by atomic mass is 16.5. The zero-order chi connectivity index (χ0) is 11.1. The lowest BCUT2D eigenvalue weighted by Gasteiger charge is -2.01. The minimum absolute atomic E-state index is 0.467. The first-order chi connectivity index (χ1) is 7.26. The van der Waals surface area contributed by atoms with Crippen LogP contribution in [-0.4, -0.2) is 6.09 Å². The van der Waals surface area contributed by atoms with Crippen LogP contribution in [0.4, 0.5) is 10.5 Å². The van der Waals surface area contributed by atoms with Gasteiger partial charge in [0.2, 0.25) is 0 Å². The van der Waals surface area contributed by atoms with Crippen molar-refractivity contribution in [3.63, 3.8) is 0 Å². The number of amides is 1. The normalized spacial score (nSPS) is 8.00. The van der Waals surface area contributed by atoms with E-state index in [0.717, 1.165) is 0 Å². The molecular formula is C11H8N2O2. The number of nitriles is 1. The Balaban J connectivity index is 2.67. The van der Waals surface area contributed by atoms with E-state index in [1.54, 1.807) is 31.2 Å². The summed E-state index contributed by atoms with van der Waals surface area (Å²) in [6, 6.07) is 8.47. The Morgan fingerprint density at radius 1 is 1.53 bits per heavy atom. The van der Waals surface area contributed by atoms with E-state index >= 15 is 0 Å². The lowest BCUT2D eigenvalue weighted by Crippen LogP contribution is -2.10. The van der Waals surface area contributed by atoms with E-state index < -0.39 is 6.09 Å². The van der Waals surface area contributed by atoms with Crippen LogP contribution in [0.5, 0.6) is 0 Å². The maximum absolute atomic E-state index is 11.1. The minimum Gasteiger partial charge on any atom is -0.356 e. The lowest BCUT2D eigenvalue weighted by molar-refractivity contribution is 0.207. The van der Waals surface area contributed by atoms with Crippen LogP contribution in [0.1, 0.15) is 12.5 Å². The monoisotopic (exact) mass is 200 g/mol. The summed E-state index contributed by atoms with van der Waals surface area (Å²) < 4.78 is 4.47. The molecule has 4 nitrogen and oxygen atoms in total. The molecule has 15 heavy (non-hydrogen) atoms. The summed E-state index contributed by atoms with van der Waals surface area (Å²) in [6.07, 6.45) is 1.50. The van der Waals surface area contributed by atoms with Crippen molar-refractivity contribution in [2.24, 2.45) is 0 Å². The second-order valence-electron chi connectivity index (χ2n) is 2.56. The second-order valence-corrected chi connectivity index (χ2v) is 2.56. The van der Waals surface area contributed by atoms with E-state index in [4.69, 9.17) is 5.26 Å². The molecule has 0 bridgehead atoms. The molecule has 0 aliphatic rings. The summed E-state index contributed by atoms with van der Waals surface area (Å²) in [5, 5.41) is 11.1. The van der Waals surface area contributed by atoms with Crippen molar-refractivity contribution in [1.82, 2.24) is 0 Å². The van der Waals surface area contributed by atoms with Crippen LogP contribution < -0.4 is 5.32 Å². The highest BCUT2D eigenvalue weighted by Gasteiger charge is 2.01. The van der Waals surface area contributed by atoms with Gasteiger partial charge < -0.3 is 4.74 Å². The van der Waals surface area contributed by atoms with Crippen LogP contribution >= 0.6 is 0 Å². The second kappa shape index (κ2) is 5.31. The first-order valence-corrected chi connectivity index (χ1v) is 4.16. The molecule has 0 fully saturated rings. The summed E-state index contributed by atoms with van der Waals surface area (Å²) in [7, 11) is 0. The summed E-state index contributed by atoms with van der Waals surface area (Å²) in [6.45, 7) is 1.56. The van der Waals surface area contributed by atoms with Gasteiger partial charge in [-0.05, 0) is 18.2 Å². The number of anilines is 1. The van der Waals surface area contributed by atoms with Gasteiger partial charge in [0.25, 0.3) is 0 Å². The van der Waals surface area contributed by atoms with Crippen molar-refractivity contribution < 1.29 is 9.53 Å². The molecule has 0 atom stereocenters. The van der Waals surface area contributed by atoms with Crippen LogP contribution in [0.15, 0.2) is 24.3 Å². The Kier molecular flexibility index (Phi) is 3.76. The molecule has 1 aromatic rings. The summed E-state index contributed by atoms with van der Waals surface area (Å²) in [5.41, 5.74) is 0.964. The van der Waals surface area contributed by atoms with Gasteiger partial charge in [-0.15, -0.1) is 0 Å². The maximum atomic E-state index is 11.1. The molecule has 0 heterocycles. The smallest absolute Gasteiger partial charge is 0.356 e. The van der Waals surface area contributed by atoms with Crippen molar-refractivity contribution in [3.05, 3.63) is 29.8 Å². The Bertz CT molecular complexity index is 463. The van der Waals surface area contributed by atoms with Crippen molar-refractivity contribution in [3.8, 4) is 18.1 Å². The SMILES string of the molecule is CC#COC(=O)Nc1cccc(C#N)c1. The van der Waals surface area contributed by atoms with Crippen LogP contribution in [-0.2, 0) is 4.74 Å². The fraction of sp³-hybridized carbons (Fsp3) is 0.0909. The molecule has 0 aliphatic heterocycles. The van der Waals surface area contributed by atoms with Gasteiger partial charge in [-0.25, -0.2) is 4.79 Å². The van der Waals surface area contributed by atoms with Crippen LogP contribution in [0.25, 0.3) is 0 Å². The summed E-state index contributed by atoms with van der Waals surface area (Å²) in [4.78, 5) is 11.1. The molecular weight excluding hydrogens is 192 g/mol. The Labute approximate surface area is 87.5 Å². The zero-order valence-electron chi connectivity index (χ0n) is 8.07. The molecule has 1 amide bonds. The van der Waals surface area contributed by atoms with Crippen molar-refractivity contribution >= 4 is 11.8 Å². The first kappa shape index (κ1) is 10.6. The van der Waals surface area contributed by atoms with E-state index in [1.807, 2.05) is 6.07 Å². The molecule has 1 rings (SSSR count). The fourth-order valence-corrected chi connectivity index (χ4v) is 0.907. The van der Waals surface area contributed by atoms with Gasteiger partial charge in [-0.3, -0.25) is 5.32 Å². The lowest BCUT2D eigenvalue weighted by atomic mass is 10.2. The number of hydrogen-bond donors (Lipinski definition) is 1. The molecule has 74 valence electrons. The van der Waals surface area contributed by atoms with Gasteiger partial charge in [0.1, 0.15) is 6.11 Å². The highest BCUT2D eigenvalue weighted by Crippen LogP contribution is 2.09. The first-order valence-electron chi connectivity index (χ1n) is 4.16. The van der Waals surface area contributed by atoms with Gasteiger partial charge >= 0.3 is 6.09 Å². The third-order valence-electron chi connectivity index (χ3n) is 1.48. The van der Waals surface area contributed by atoms with Gasteiger partial charge in [0.15, 0.2) is 0 Å². The van der Waals surface area contributed by atoms with E-state index in [-0.39, 0.29) is 0 Å². The Morgan fingerprint density at radius 3 is 3.00 bits per heavy atom. The Morgan fingerprint density at radius 2 is 2.33 bits per heavy atom. The molecule has 1 N–H and O–H groups in total. The maximum Gasteiger partial charge on any atom is 0.425 e. The van der Waals surface area contributed by atoms with Crippen LogP contribution in [0.3, 0.4) is 0 Å². The molecule has 0 unspecified atom stereocenters. The van der Waals surface area contributed by atoms with Gasteiger partial charge in [-0.1, -0.05) is 12.0 Å². The van der Waals surface area contributed by atoms with Crippen molar-refractivity contribution in [2.75, 3.05) is 5.32 Å². The molecule has 0 radical (unpaired) electrons. The predicted molar refractivity (Wildman–Crippen MR) is 54.7 cm³/mol. The van der Waals surface area contributed by atoms with Gasteiger partial charge in [-0.2, -0.15) is 5.26 Å².